The van der Waals surface area contributed by atoms with Crippen LogP contribution < -0.4 is 4.74 Å². The summed E-state index contributed by atoms with van der Waals surface area (Å²) in [5.41, 5.74) is 0. The summed E-state index contributed by atoms with van der Waals surface area (Å²) in [4.78, 5) is 11.1. The van der Waals surface area contributed by atoms with E-state index in [1.54, 1.807) is 12.1 Å². The summed E-state index contributed by atoms with van der Waals surface area (Å²) in [6.45, 7) is 0. The van der Waals surface area contributed by atoms with Crippen LogP contribution in [0.4, 0.5) is 0 Å². The molecule has 0 radical (unpaired) electrons. The molecule has 0 saturated heterocycles. The van der Waals surface area contributed by atoms with Crippen LogP contribution in [0.5, 0.6) is 5.75 Å². The number of terminal acetylenes is 1. The highest BCUT2D eigenvalue weighted by Crippen LogP contribution is 2.09. The third-order valence-corrected chi connectivity index (χ3v) is 1.45. The van der Waals surface area contributed by atoms with Gasteiger partial charge in [-0.2, -0.15) is 0 Å². The molecule has 2 nitrogen and oxygen atoms in total. The molecule has 13 heavy (non-hydrogen) atoms. The third kappa shape index (κ3) is 3.44. The molecular formula is C11H10O2. The van der Waals surface area contributed by atoms with Crippen LogP contribution in [0.25, 0.3) is 0 Å². The van der Waals surface area contributed by atoms with Gasteiger partial charge in [0.05, 0.1) is 6.42 Å². The fourth-order valence-corrected chi connectivity index (χ4v) is 0.845. The predicted octanol–water partition coefficient (Wildman–Crippen LogP) is 2.01. The van der Waals surface area contributed by atoms with Crippen LogP contribution in [0.15, 0.2) is 30.3 Å². The second-order valence-corrected chi connectivity index (χ2v) is 2.49. The van der Waals surface area contributed by atoms with Crippen LogP contribution in [0.3, 0.4) is 0 Å². The van der Waals surface area contributed by atoms with E-state index in [0.29, 0.717) is 12.2 Å². The molecule has 0 N–H and O–H groups in total. The highest BCUT2D eigenvalue weighted by molar-refractivity contribution is 5.72. The molecule has 0 bridgehead atoms. The number of hydrogen-bond acceptors (Lipinski definition) is 2. The minimum Gasteiger partial charge on any atom is -0.427 e. The molecule has 1 aromatic carbocycles. The number of carbonyl (C=O) groups is 1. The zero-order valence-corrected chi connectivity index (χ0v) is 7.19. The Balaban J connectivity index is 2.42. The molecule has 66 valence electrons. The molecule has 0 amide bonds. The Morgan fingerprint density at radius 1 is 1.38 bits per heavy atom. The van der Waals surface area contributed by atoms with Crippen molar-refractivity contribution in [3.8, 4) is 18.1 Å². The minimum atomic E-state index is -0.288. The molecule has 1 aromatic rings. The van der Waals surface area contributed by atoms with Crippen molar-refractivity contribution in [1.29, 1.82) is 0 Å². The SMILES string of the molecule is C#CCCC(=O)Oc1ccccc1. The second kappa shape index (κ2) is 5.00. The van der Waals surface area contributed by atoms with Crippen molar-refractivity contribution >= 4 is 5.97 Å². The summed E-state index contributed by atoms with van der Waals surface area (Å²) in [6.07, 6.45) is 5.70. The molecule has 0 aliphatic rings. The number of benzene rings is 1. The lowest BCUT2D eigenvalue weighted by Crippen LogP contribution is -2.06. The summed E-state index contributed by atoms with van der Waals surface area (Å²) in [5.74, 6) is 2.66. The summed E-state index contributed by atoms with van der Waals surface area (Å²) >= 11 is 0. The van der Waals surface area contributed by atoms with Gasteiger partial charge in [0.2, 0.25) is 0 Å². The van der Waals surface area contributed by atoms with Crippen LogP contribution in [-0.4, -0.2) is 5.97 Å². The number of ether oxygens (including phenoxy) is 1. The average molecular weight is 174 g/mol. The molecule has 0 spiro atoms. The van der Waals surface area contributed by atoms with E-state index < -0.39 is 0 Å². The highest BCUT2D eigenvalue weighted by atomic mass is 16.5. The Labute approximate surface area is 77.5 Å². The summed E-state index contributed by atoms with van der Waals surface area (Å²) in [5, 5.41) is 0. The van der Waals surface area contributed by atoms with Gasteiger partial charge in [-0.15, -0.1) is 12.3 Å². The fourth-order valence-electron chi connectivity index (χ4n) is 0.845. The average Bonchev–Trinajstić information content (AvgIpc) is 2.16. The molecule has 0 saturated carbocycles. The molecule has 0 heterocycles. The Kier molecular flexibility index (Phi) is 3.59. The van der Waals surface area contributed by atoms with Gasteiger partial charge in [0, 0.05) is 6.42 Å². The lowest BCUT2D eigenvalue weighted by molar-refractivity contribution is -0.134. The normalized spacial score (nSPS) is 8.85. The van der Waals surface area contributed by atoms with Crippen LogP contribution >= 0.6 is 0 Å². The van der Waals surface area contributed by atoms with Crippen molar-refractivity contribution in [2.24, 2.45) is 0 Å². The van der Waals surface area contributed by atoms with Gasteiger partial charge in [0.15, 0.2) is 0 Å². The summed E-state index contributed by atoms with van der Waals surface area (Å²) in [6, 6.07) is 8.94. The van der Waals surface area contributed by atoms with Crippen molar-refractivity contribution in [2.75, 3.05) is 0 Å². The number of para-hydroxylation sites is 1. The van der Waals surface area contributed by atoms with Gasteiger partial charge in [-0.1, -0.05) is 18.2 Å². The Hall–Kier alpha value is -1.75. The van der Waals surface area contributed by atoms with Gasteiger partial charge in [-0.05, 0) is 12.1 Å². The standard InChI is InChI=1S/C11H10O2/c1-2-3-9-11(12)13-10-7-5-4-6-8-10/h1,4-8H,3,9H2. The van der Waals surface area contributed by atoms with Gasteiger partial charge in [-0.25, -0.2) is 0 Å². The van der Waals surface area contributed by atoms with E-state index >= 15 is 0 Å². The molecular weight excluding hydrogens is 164 g/mol. The summed E-state index contributed by atoms with van der Waals surface area (Å²) in [7, 11) is 0. The smallest absolute Gasteiger partial charge is 0.312 e. The van der Waals surface area contributed by atoms with Crippen LogP contribution in [0, 0.1) is 12.3 Å². The largest absolute Gasteiger partial charge is 0.427 e. The molecule has 0 unspecified atom stereocenters. The van der Waals surface area contributed by atoms with Crippen molar-refractivity contribution in [2.45, 2.75) is 12.8 Å². The molecule has 0 aliphatic carbocycles. The Morgan fingerprint density at radius 2 is 2.08 bits per heavy atom. The van der Waals surface area contributed by atoms with E-state index in [2.05, 4.69) is 5.92 Å². The first-order chi connectivity index (χ1) is 6.33. The maximum absolute atomic E-state index is 11.1. The zero-order chi connectivity index (χ0) is 9.52. The van der Waals surface area contributed by atoms with E-state index in [1.807, 2.05) is 18.2 Å². The Morgan fingerprint density at radius 3 is 2.69 bits per heavy atom. The van der Waals surface area contributed by atoms with E-state index in [1.165, 1.54) is 0 Å². The number of hydrogen-bond donors (Lipinski definition) is 0. The first-order valence-electron chi connectivity index (χ1n) is 4.02. The van der Waals surface area contributed by atoms with Crippen molar-refractivity contribution in [3.05, 3.63) is 30.3 Å². The molecule has 0 aliphatic heterocycles. The second-order valence-electron chi connectivity index (χ2n) is 2.49. The van der Waals surface area contributed by atoms with Gasteiger partial charge < -0.3 is 4.74 Å². The van der Waals surface area contributed by atoms with Gasteiger partial charge in [0.25, 0.3) is 0 Å². The lowest BCUT2D eigenvalue weighted by Gasteiger charge is -2.01. The van der Waals surface area contributed by atoms with E-state index in [0.717, 1.165) is 0 Å². The van der Waals surface area contributed by atoms with Gasteiger partial charge in [-0.3, -0.25) is 4.79 Å². The molecule has 2 heteroatoms. The molecule has 0 aromatic heterocycles. The van der Waals surface area contributed by atoms with E-state index in [-0.39, 0.29) is 12.4 Å². The van der Waals surface area contributed by atoms with Gasteiger partial charge in [0.1, 0.15) is 5.75 Å². The predicted molar refractivity (Wildman–Crippen MR) is 50.1 cm³/mol. The quantitative estimate of drug-likeness (QED) is 0.398. The maximum atomic E-state index is 11.1. The van der Waals surface area contributed by atoms with Crippen molar-refractivity contribution in [3.63, 3.8) is 0 Å². The Bertz CT molecular complexity index is 309. The third-order valence-electron chi connectivity index (χ3n) is 1.45. The topological polar surface area (TPSA) is 26.3 Å². The number of rotatable bonds is 3. The van der Waals surface area contributed by atoms with E-state index in [9.17, 15) is 4.79 Å². The van der Waals surface area contributed by atoms with Crippen LogP contribution in [0.2, 0.25) is 0 Å². The van der Waals surface area contributed by atoms with Crippen LogP contribution in [0.1, 0.15) is 12.8 Å². The summed E-state index contributed by atoms with van der Waals surface area (Å²) < 4.78 is 4.98. The first kappa shape index (κ1) is 9.34. The van der Waals surface area contributed by atoms with Crippen molar-refractivity contribution in [1.82, 2.24) is 0 Å². The molecule has 1 rings (SSSR count). The van der Waals surface area contributed by atoms with E-state index in [4.69, 9.17) is 11.2 Å². The van der Waals surface area contributed by atoms with Gasteiger partial charge >= 0.3 is 5.97 Å². The molecule has 0 atom stereocenters. The maximum Gasteiger partial charge on any atom is 0.312 e. The molecule has 0 fully saturated rings. The number of carbonyl (C=O) groups excluding carboxylic acids is 1. The number of esters is 1. The highest BCUT2D eigenvalue weighted by Gasteiger charge is 2.01. The first-order valence-corrected chi connectivity index (χ1v) is 4.02. The van der Waals surface area contributed by atoms with Crippen molar-refractivity contribution < 1.29 is 9.53 Å². The lowest BCUT2D eigenvalue weighted by atomic mass is 10.3. The zero-order valence-electron chi connectivity index (χ0n) is 7.19. The van der Waals surface area contributed by atoms with Crippen LogP contribution in [-0.2, 0) is 4.79 Å². The fraction of sp³-hybridized carbons (Fsp3) is 0.182. The minimum absolute atomic E-state index is 0.269. The monoisotopic (exact) mass is 174 g/mol.